The quantitative estimate of drug-likeness (QED) is 0.360. The molecule has 0 aliphatic carbocycles. The van der Waals surface area contributed by atoms with Gasteiger partial charge in [-0.15, -0.1) is 0 Å². The zero-order valence-corrected chi connectivity index (χ0v) is 18.9. The molecule has 2 aromatic heterocycles. The van der Waals surface area contributed by atoms with Crippen LogP contribution in [0.4, 0.5) is 0 Å². The number of para-hydroxylation sites is 3. The molecule has 0 aliphatic rings. The average molecular weight is 439 g/mol. The summed E-state index contributed by atoms with van der Waals surface area (Å²) in [6.45, 7) is 2.44. The average Bonchev–Trinajstić information content (AvgIpc) is 3.49. The van der Waals surface area contributed by atoms with Crippen LogP contribution in [0.2, 0.25) is 0 Å². The summed E-state index contributed by atoms with van der Waals surface area (Å²) >= 11 is 0. The van der Waals surface area contributed by atoms with Gasteiger partial charge < -0.3 is 19.0 Å². The van der Waals surface area contributed by atoms with E-state index in [0.717, 1.165) is 50.6 Å². The number of hydrogen-bond donors (Lipinski definition) is 1. The fraction of sp³-hybridized carbons (Fsp3) is 0.185. The van der Waals surface area contributed by atoms with Crippen molar-refractivity contribution in [2.24, 2.45) is 7.05 Å². The van der Waals surface area contributed by atoms with Crippen LogP contribution in [0.15, 0.2) is 79.3 Å². The summed E-state index contributed by atoms with van der Waals surface area (Å²) in [6.07, 6.45) is 3.18. The van der Waals surface area contributed by atoms with Gasteiger partial charge in [0.1, 0.15) is 24.3 Å². The Morgan fingerprint density at radius 3 is 2.61 bits per heavy atom. The second-order valence-electron chi connectivity index (χ2n) is 8.05. The van der Waals surface area contributed by atoms with E-state index in [2.05, 4.69) is 51.8 Å². The molecule has 1 unspecified atom stereocenters. The summed E-state index contributed by atoms with van der Waals surface area (Å²) in [6, 6.07) is 22.5. The summed E-state index contributed by atoms with van der Waals surface area (Å²) in [5.41, 5.74) is 7.12. The third kappa shape index (κ3) is 4.01. The number of H-pyrrole nitrogens is 1. The molecule has 0 spiro atoms. The lowest BCUT2D eigenvalue weighted by Gasteiger charge is -2.21. The molecule has 1 N–H and O–H groups in total. The first-order chi connectivity index (χ1) is 16.2. The van der Waals surface area contributed by atoms with Crippen LogP contribution in [0.3, 0.4) is 0 Å². The molecule has 166 valence electrons. The highest BCUT2D eigenvalue weighted by Gasteiger charge is 2.23. The maximum absolute atomic E-state index is 6.54. The van der Waals surface area contributed by atoms with Crippen molar-refractivity contribution in [3.8, 4) is 16.9 Å². The number of nitrogens with one attached hydrogen (secondary N) is 1. The van der Waals surface area contributed by atoms with E-state index in [1.54, 1.807) is 13.4 Å². The van der Waals surface area contributed by atoms with Crippen molar-refractivity contribution in [3.05, 3.63) is 102 Å². The predicted octanol–water partition coefficient (Wildman–Crippen LogP) is 5.59. The molecule has 0 fully saturated rings. The minimum atomic E-state index is -0.378. The number of rotatable bonds is 7. The summed E-state index contributed by atoms with van der Waals surface area (Å²) in [7, 11) is 3.71. The predicted molar refractivity (Wildman–Crippen MR) is 129 cm³/mol. The van der Waals surface area contributed by atoms with Crippen LogP contribution in [0.5, 0.6) is 5.75 Å². The number of imidazole rings is 2. The Kier molecular flexibility index (Phi) is 5.67. The van der Waals surface area contributed by atoms with Crippen molar-refractivity contribution in [2.75, 3.05) is 7.11 Å². The fourth-order valence-electron chi connectivity index (χ4n) is 4.23. The molecule has 0 aliphatic heterocycles. The van der Waals surface area contributed by atoms with Gasteiger partial charge >= 0.3 is 0 Å². The lowest BCUT2D eigenvalue weighted by Crippen LogP contribution is -2.11. The molecule has 5 rings (SSSR count). The van der Waals surface area contributed by atoms with Crippen LogP contribution in [-0.4, -0.2) is 26.6 Å². The van der Waals surface area contributed by atoms with Gasteiger partial charge in [0, 0.05) is 18.8 Å². The summed E-state index contributed by atoms with van der Waals surface area (Å²) in [5, 5.41) is 0. The normalized spacial score (nSPS) is 12.2. The lowest BCUT2D eigenvalue weighted by molar-refractivity contribution is 0.0591. The minimum Gasteiger partial charge on any atom is -0.496 e. The van der Waals surface area contributed by atoms with Gasteiger partial charge in [-0.2, -0.15) is 0 Å². The van der Waals surface area contributed by atoms with E-state index in [-0.39, 0.29) is 6.10 Å². The zero-order chi connectivity index (χ0) is 22.8. The van der Waals surface area contributed by atoms with E-state index < -0.39 is 0 Å². The van der Waals surface area contributed by atoms with Gasteiger partial charge in [0.2, 0.25) is 0 Å². The topological polar surface area (TPSA) is 65.0 Å². The van der Waals surface area contributed by atoms with Crippen LogP contribution in [-0.2, 0) is 18.4 Å². The molecule has 3 aromatic carbocycles. The molecular weight excluding hydrogens is 412 g/mol. The van der Waals surface area contributed by atoms with E-state index in [9.17, 15) is 0 Å². The lowest BCUT2D eigenvalue weighted by atomic mass is 9.92. The standard InChI is InChI=1S/C27H26N4O2/c1-18-12-13-20(21(14-18)19-8-4-7-11-25(19)32-3)27(23-15-28-17-29-23)33-16-26-30-22-9-5-6-10-24(22)31(26)2/h4-15,17,27H,16H2,1-3H3,(H,28,29). The van der Waals surface area contributed by atoms with Crippen molar-refractivity contribution >= 4 is 11.0 Å². The first-order valence-corrected chi connectivity index (χ1v) is 10.9. The first-order valence-electron chi connectivity index (χ1n) is 10.9. The highest BCUT2D eigenvalue weighted by atomic mass is 16.5. The van der Waals surface area contributed by atoms with Gasteiger partial charge in [0.15, 0.2) is 0 Å². The Morgan fingerprint density at radius 2 is 1.82 bits per heavy atom. The minimum absolute atomic E-state index is 0.349. The molecule has 0 radical (unpaired) electrons. The van der Waals surface area contributed by atoms with Gasteiger partial charge in [0.05, 0.1) is 30.2 Å². The SMILES string of the molecule is COc1ccccc1-c1cc(C)ccc1C(OCc1nc2ccccc2n1C)c1c[nH]cn1. The van der Waals surface area contributed by atoms with Crippen LogP contribution >= 0.6 is 0 Å². The number of aromatic amines is 1. The van der Waals surface area contributed by atoms with E-state index in [1.807, 2.05) is 49.6 Å². The molecule has 0 amide bonds. The Morgan fingerprint density at radius 1 is 1.00 bits per heavy atom. The molecular formula is C27H26N4O2. The van der Waals surface area contributed by atoms with Crippen LogP contribution in [0.1, 0.15) is 28.7 Å². The summed E-state index contributed by atoms with van der Waals surface area (Å²) in [5.74, 6) is 1.68. The summed E-state index contributed by atoms with van der Waals surface area (Å²) < 4.78 is 14.3. The van der Waals surface area contributed by atoms with E-state index >= 15 is 0 Å². The van der Waals surface area contributed by atoms with E-state index in [0.29, 0.717) is 6.61 Å². The number of aromatic nitrogens is 4. The molecule has 6 heteroatoms. The molecule has 5 aromatic rings. The number of ether oxygens (including phenoxy) is 2. The summed E-state index contributed by atoms with van der Waals surface area (Å²) in [4.78, 5) is 12.4. The number of hydrogen-bond acceptors (Lipinski definition) is 4. The monoisotopic (exact) mass is 438 g/mol. The molecule has 2 heterocycles. The Bertz CT molecular complexity index is 1390. The molecule has 1 atom stereocenters. The van der Waals surface area contributed by atoms with Crippen molar-refractivity contribution in [1.29, 1.82) is 0 Å². The van der Waals surface area contributed by atoms with Crippen molar-refractivity contribution in [3.63, 3.8) is 0 Å². The number of nitrogens with zero attached hydrogens (tertiary/aromatic N) is 3. The van der Waals surface area contributed by atoms with Gasteiger partial charge in [-0.1, -0.05) is 54.1 Å². The largest absolute Gasteiger partial charge is 0.496 e. The van der Waals surface area contributed by atoms with Crippen LogP contribution in [0, 0.1) is 6.92 Å². The Hall–Kier alpha value is -3.90. The van der Waals surface area contributed by atoms with E-state index in [1.165, 1.54) is 0 Å². The molecule has 0 bridgehead atoms. The van der Waals surface area contributed by atoms with Gasteiger partial charge in [0.25, 0.3) is 0 Å². The van der Waals surface area contributed by atoms with Gasteiger partial charge in [-0.25, -0.2) is 9.97 Å². The van der Waals surface area contributed by atoms with Crippen LogP contribution < -0.4 is 4.74 Å². The van der Waals surface area contributed by atoms with Crippen molar-refractivity contribution < 1.29 is 9.47 Å². The highest BCUT2D eigenvalue weighted by Crippen LogP contribution is 2.38. The highest BCUT2D eigenvalue weighted by molar-refractivity contribution is 5.76. The number of aryl methyl sites for hydroxylation is 2. The van der Waals surface area contributed by atoms with E-state index in [4.69, 9.17) is 14.5 Å². The maximum Gasteiger partial charge on any atom is 0.135 e. The smallest absolute Gasteiger partial charge is 0.135 e. The molecule has 0 saturated carbocycles. The second-order valence-corrected chi connectivity index (χ2v) is 8.05. The molecule has 6 nitrogen and oxygen atoms in total. The number of methoxy groups -OCH3 is 1. The molecule has 33 heavy (non-hydrogen) atoms. The third-order valence-electron chi connectivity index (χ3n) is 5.94. The Balaban J connectivity index is 1.57. The van der Waals surface area contributed by atoms with Gasteiger partial charge in [-0.05, 0) is 36.2 Å². The Labute approximate surface area is 192 Å². The number of fused-ring (bicyclic) bond motifs is 1. The second kappa shape index (κ2) is 8.92. The third-order valence-corrected chi connectivity index (χ3v) is 5.94. The maximum atomic E-state index is 6.54. The number of benzene rings is 3. The zero-order valence-electron chi connectivity index (χ0n) is 18.9. The van der Waals surface area contributed by atoms with Crippen molar-refractivity contribution in [2.45, 2.75) is 19.6 Å². The van der Waals surface area contributed by atoms with Gasteiger partial charge in [-0.3, -0.25) is 0 Å². The molecule has 0 saturated heterocycles. The fourth-order valence-corrected chi connectivity index (χ4v) is 4.23. The van der Waals surface area contributed by atoms with Crippen LogP contribution in [0.25, 0.3) is 22.2 Å². The van der Waals surface area contributed by atoms with Crippen molar-refractivity contribution in [1.82, 2.24) is 19.5 Å². The first kappa shape index (κ1) is 21.0.